The van der Waals surface area contributed by atoms with E-state index in [1.165, 1.54) is 30.3 Å². The highest BCUT2D eigenvalue weighted by Gasteiger charge is 2.14. The summed E-state index contributed by atoms with van der Waals surface area (Å²) in [5.41, 5.74) is 0.700. The topological polar surface area (TPSA) is 63.2 Å². The Kier molecular flexibility index (Phi) is 5.03. The number of sulfone groups is 1. The molecule has 0 radical (unpaired) electrons. The fourth-order valence-electron chi connectivity index (χ4n) is 1.29. The van der Waals surface area contributed by atoms with Crippen LogP contribution in [0.4, 0.5) is 4.39 Å². The molecule has 0 aromatic heterocycles. The third-order valence-corrected chi connectivity index (χ3v) is 3.57. The molecule has 1 aromatic carbocycles. The number of hydrogen-bond donors (Lipinski definition) is 1. The SMILES string of the molecule is C=CCS(=O)(=O)CC(=O)NCc1ccc(F)cc1. The van der Waals surface area contributed by atoms with Crippen molar-refractivity contribution < 1.29 is 17.6 Å². The van der Waals surface area contributed by atoms with Gasteiger partial charge in [-0.2, -0.15) is 0 Å². The van der Waals surface area contributed by atoms with E-state index in [9.17, 15) is 17.6 Å². The monoisotopic (exact) mass is 271 g/mol. The van der Waals surface area contributed by atoms with Crippen molar-refractivity contribution in [3.63, 3.8) is 0 Å². The minimum atomic E-state index is -3.43. The molecule has 0 unspecified atom stereocenters. The van der Waals surface area contributed by atoms with Crippen molar-refractivity contribution in [2.75, 3.05) is 11.5 Å². The van der Waals surface area contributed by atoms with Gasteiger partial charge in [-0.25, -0.2) is 12.8 Å². The number of carbonyl (C=O) groups excluding carboxylic acids is 1. The van der Waals surface area contributed by atoms with Gasteiger partial charge in [0.05, 0.1) is 5.75 Å². The number of amides is 1. The Morgan fingerprint density at radius 2 is 1.94 bits per heavy atom. The molecule has 98 valence electrons. The Balaban J connectivity index is 2.47. The smallest absolute Gasteiger partial charge is 0.235 e. The summed E-state index contributed by atoms with van der Waals surface area (Å²) < 4.78 is 35.2. The standard InChI is InChI=1S/C12H14FNO3S/c1-2-7-18(16,17)9-12(15)14-8-10-3-5-11(13)6-4-10/h2-6H,1,7-9H2,(H,14,15). The van der Waals surface area contributed by atoms with Crippen LogP contribution in [0.1, 0.15) is 5.56 Å². The van der Waals surface area contributed by atoms with Gasteiger partial charge in [0, 0.05) is 6.54 Å². The van der Waals surface area contributed by atoms with E-state index in [1.54, 1.807) is 0 Å². The molecule has 0 saturated heterocycles. The summed E-state index contributed by atoms with van der Waals surface area (Å²) in [6.07, 6.45) is 1.24. The average molecular weight is 271 g/mol. The number of benzene rings is 1. The van der Waals surface area contributed by atoms with Gasteiger partial charge in [0.1, 0.15) is 11.6 Å². The van der Waals surface area contributed by atoms with Crippen LogP contribution >= 0.6 is 0 Å². The molecule has 18 heavy (non-hydrogen) atoms. The predicted molar refractivity (Wildman–Crippen MR) is 67.1 cm³/mol. The van der Waals surface area contributed by atoms with Gasteiger partial charge in [-0.15, -0.1) is 6.58 Å². The normalized spacial score (nSPS) is 10.9. The second-order valence-electron chi connectivity index (χ2n) is 3.75. The van der Waals surface area contributed by atoms with Gasteiger partial charge in [-0.05, 0) is 17.7 Å². The molecule has 0 aliphatic heterocycles. The summed E-state index contributed by atoms with van der Waals surface area (Å²) in [6, 6.07) is 5.59. The van der Waals surface area contributed by atoms with Crippen LogP contribution in [0.3, 0.4) is 0 Å². The van der Waals surface area contributed by atoms with E-state index in [1.807, 2.05) is 0 Å². The number of hydrogen-bond acceptors (Lipinski definition) is 3. The maximum Gasteiger partial charge on any atom is 0.235 e. The summed E-state index contributed by atoms with van der Waals surface area (Å²) in [6.45, 7) is 3.48. The maximum absolute atomic E-state index is 12.6. The lowest BCUT2D eigenvalue weighted by Crippen LogP contribution is -2.30. The first kappa shape index (κ1) is 14.4. The predicted octanol–water partition coefficient (Wildman–Crippen LogP) is 1.04. The van der Waals surface area contributed by atoms with Crippen LogP contribution in [0.5, 0.6) is 0 Å². The number of halogens is 1. The zero-order valence-electron chi connectivity index (χ0n) is 9.73. The molecule has 0 aliphatic carbocycles. The van der Waals surface area contributed by atoms with E-state index < -0.39 is 21.5 Å². The maximum atomic E-state index is 12.6. The molecule has 0 fully saturated rings. The highest BCUT2D eigenvalue weighted by Crippen LogP contribution is 2.02. The van der Waals surface area contributed by atoms with E-state index in [0.29, 0.717) is 5.56 Å². The van der Waals surface area contributed by atoms with Crippen LogP contribution in [0.15, 0.2) is 36.9 Å². The summed E-state index contributed by atoms with van der Waals surface area (Å²) in [5, 5.41) is 2.46. The van der Waals surface area contributed by atoms with Crippen molar-refractivity contribution in [1.29, 1.82) is 0 Å². The van der Waals surface area contributed by atoms with Crippen LogP contribution in [-0.2, 0) is 21.2 Å². The molecule has 1 aromatic rings. The largest absolute Gasteiger partial charge is 0.351 e. The molecule has 1 rings (SSSR count). The highest BCUT2D eigenvalue weighted by molar-refractivity contribution is 7.92. The Morgan fingerprint density at radius 3 is 2.50 bits per heavy atom. The third kappa shape index (κ3) is 5.09. The second-order valence-corrected chi connectivity index (χ2v) is 5.86. The first-order valence-corrected chi connectivity index (χ1v) is 7.07. The molecular formula is C12H14FNO3S. The molecule has 0 heterocycles. The van der Waals surface area contributed by atoms with Crippen molar-refractivity contribution in [2.45, 2.75) is 6.54 Å². The van der Waals surface area contributed by atoms with Crippen LogP contribution in [-0.4, -0.2) is 25.8 Å². The lowest BCUT2D eigenvalue weighted by molar-refractivity contribution is -0.118. The van der Waals surface area contributed by atoms with E-state index in [-0.39, 0.29) is 18.1 Å². The lowest BCUT2D eigenvalue weighted by Gasteiger charge is -2.05. The quantitative estimate of drug-likeness (QED) is 0.786. The molecule has 0 saturated carbocycles. The molecule has 0 spiro atoms. The Hall–Kier alpha value is -1.69. The fraction of sp³-hybridized carbons (Fsp3) is 0.250. The average Bonchev–Trinajstić information content (AvgIpc) is 2.27. The Morgan fingerprint density at radius 1 is 1.33 bits per heavy atom. The zero-order valence-corrected chi connectivity index (χ0v) is 10.5. The minimum absolute atomic E-state index is 0.169. The van der Waals surface area contributed by atoms with Gasteiger partial charge in [-0.1, -0.05) is 18.2 Å². The van der Waals surface area contributed by atoms with Gasteiger partial charge in [0.15, 0.2) is 9.84 Å². The lowest BCUT2D eigenvalue weighted by atomic mass is 10.2. The van der Waals surface area contributed by atoms with E-state index in [0.717, 1.165) is 0 Å². The van der Waals surface area contributed by atoms with Crippen molar-refractivity contribution >= 4 is 15.7 Å². The van der Waals surface area contributed by atoms with Crippen LogP contribution in [0.2, 0.25) is 0 Å². The van der Waals surface area contributed by atoms with E-state index in [4.69, 9.17) is 0 Å². The summed E-state index contributed by atoms with van der Waals surface area (Å²) >= 11 is 0. The molecule has 4 nitrogen and oxygen atoms in total. The molecule has 1 amide bonds. The molecule has 0 atom stereocenters. The minimum Gasteiger partial charge on any atom is -0.351 e. The van der Waals surface area contributed by atoms with Crippen LogP contribution in [0.25, 0.3) is 0 Å². The van der Waals surface area contributed by atoms with E-state index >= 15 is 0 Å². The zero-order chi connectivity index (χ0) is 13.6. The van der Waals surface area contributed by atoms with E-state index in [2.05, 4.69) is 11.9 Å². The first-order valence-electron chi connectivity index (χ1n) is 5.25. The molecular weight excluding hydrogens is 257 g/mol. The summed E-state index contributed by atoms with van der Waals surface area (Å²) in [4.78, 5) is 11.4. The van der Waals surface area contributed by atoms with Crippen molar-refractivity contribution in [3.8, 4) is 0 Å². The van der Waals surface area contributed by atoms with Crippen LogP contribution in [0, 0.1) is 5.82 Å². The van der Waals surface area contributed by atoms with Crippen LogP contribution < -0.4 is 5.32 Å². The van der Waals surface area contributed by atoms with Crippen molar-refractivity contribution in [1.82, 2.24) is 5.32 Å². The highest BCUT2D eigenvalue weighted by atomic mass is 32.2. The molecule has 0 bridgehead atoms. The third-order valence-electron chi connectivity index (χ3n) is 2.13. The molecule has 1 N–H and O–H groups in total. The molecule has 0 aliphatic rings. The van der Waals surface area contributed by atoms with Crippen molar-refractivity contribution in [2.24, 2.45) is 0 Å². The summed E-state index contributed by atoms with van der Waals surface area (Å²) in [7, 11) is -3.43. The van der Waals surface area contributed by atoms with Gasteiger partial charge >= 0.3 is 0 Å². The van der Waals surface area contributed by atoms with Gasteiger partial charge in [0.2, 0.25) is 5.91 Å². The van der Waals surface area contributed by atoms with Gasteiger partial charge in [-0.3, -0.25) is 4.79 Å². The number of nitrogens with one attached hydrogen (secondary N) is 1. The van der Waals surface area contributed by atoms with Crippen molar-refractivity contribution in [3.05, 3.63) is 48.3 Å². The first-order chi connectivity index (χ1) is 8.43. The number of carbonyl (C=O) groups is 1. The Bertz CT molecular complexity index is 523. The second kappa shape index (κ2) is 6.30. The number of rotatable bonds is 6. The van der Waals surface area contributed by atoms with Gasteiger partial charge in [0.25, 0.3) is 0 Å². The molecule has 6 heteroatoms. The van der Waals surface area contributed by atoms with Gasteiger partial charge < -0.3 is 5.32 Å². The fourth-order valence-corrected chi connectivity index (χ4v) is 2.27. The Labute approximate surface area is 105 Å². The summed E-state index contributed by atoms with van der Waals surface area (Å²) in [5.74, 6) is -1.74.